The maximum Gasteiger partial charge on any atom is 0.224 e. The Hall–Kier alpha value is -3.20. The molecule has 6 nitrogen and oxygen atoms in total. The molecule has 1 saturated heterocycles. The number of allylic oxidation sites excluding steroid dienone is 2. The Morgan fingerprint density at radius 2 is 2.03 bits per heavy atom. The van der Waals surface area contributed by atoms with Gasteiger partial charge in [0.05, 0.1) is 23.4 Å². The van der Waals surface area contributed by atoms with Crippen molar-refractivity contribution >= 4 is 28.4 Å². The van der Waals surface area contributed by atoms with Crippen molar-refractivity contribution in [3.63, 3.8) is 0 Å². The lowest BCUT2D eigenvalue weighted by Crippen LogP contribution is -2.49. The molecule has 3 aromatic rings. The first kappa shape index (κ1) is 26.4. The first-order chi connectivity index (χ1) is 18.1. The molecular formula is C29H30ClF2N3O3. The van der Waals surface area contributed by atoms with Crippen molar-refractivity contribution in [2.45, 2.75) is 62.4 Å². The molecule has 1 aliphatic heterocycles. The molecule has 9 heteroatoms. The van der Waals surface area contributed by atoms with E-state index in [-0.39, 0.29) is 30.5 Å². The lowest BCUT2D eigenvalue weighted by Gasteiger charge is -2.27. The number of aromatic nitrogens is 1. The number of carbonyl (C=O) groups excluding carboxylic acids is 1. The minimum Gasteiger partial charge on any atom is -0.508 e. The molecule has 1 fully saturated rings. The van der Waals surface area contributed by atoms with Crippen LogP contribution in [0.25, 0.3) is 10.9 Å². The van der Waals surface area contributed by atoms with Crippen LogP contribution < -0.4 is 10.6 Å². The summed E-state index contributed by atoms with van der Waals surface area (Å²) in [7, 11) is 0. The summed E-state index contributed by atoms with van der Waals surface area (Å²) >= 11 is 6.41. The van der Waals surface area contributed by atoms with Gasteiger partial charge in [0.15, 0.2) is 0 Å². The lowest BCUT2D eigenvalue weighted by atomic mass is 9.96. The van der Waals surface area contributed by atoms with Crippen molar-refractivity contribution in [3.8, 4) is 5.75 Å². The standard InChI is InChI=1S/C29H30ClF2N3O3/c1-16-27(38-28(34-16)18-5-7-29(2,30)8-6-18)25(11-17-9-20(31)13-21(32)10-17)35-26(37)12-19-15-33-24-4-3-22(36)14-23(19)24/h3-7,9-10,13-16,25,27-28,33-34,36H,8,11-12H2,1-2H3,(H,35,37). The van der Waals surface area contributed by atoms with Crippen LogP contribution in [0.5, 0.6) is 5.75 Å². The van der Waals surface area contributed by atoms with Gasteiger partial charge in [0.2, 0.25) is 5.91 Å². The fourth-order valence-corrected chi connectivity index (χ4v) is 5.30. The minimum atomic E-state index is -0.679. The van der Waals surface area contributed by atoms with Crippen LogP contribution in [-0.4, -0.2) is 45.3 Å². The molecule has 5 unspecified atom stereocenters. The zero-order valence-electron chi connectivity index (χ0n) is 21.1. The SMILES string of the molecule is CC1NC(C2=CCC(C)(Cl)C=C2)OC1C(Cc1cc(F)cc(F)c1)NC(=O)Cc1c[nH]c2ccc(O)cc12. The summed E-state index contributed by atoms with van der Waals surface area (Å²) in [4.78, 5) is 15.9. The minimum absolute atomic E-state index is 0.0532. The van der Waals surface area contributed by atoms with E-state index in [4.69, 9.17) is 16.3 Å². The Bertz CT molecular complexity index is 1400. The van der Waals surface area contributed by atoms with Crippen molar-refractivity contribution in [2.75, 3.05) is 0 Å². The maximum atomic E-state index is 14.0. The molecule has 1 aromatic heterocycles. The quantitative estimate of drug-likeness (QED) is 0.317. The number of amides is 1. The highest BCUT2D eigenvalue weighted by Gasteiger charge is 2.39. The normalized spacial score (nSPS) is 25.9. The topological polar surface area (TPSA) is 86.4 Å². The Balaban J connectivity index is 1.36. The molecule has 1 amide bonds. The molecule has 0 saturated carbocycles. The van der Waals surface area contributed by atoms with E-state index in [2.05, 4.69) is 15.6 Å². The van der Waals surface area contributed by atoms with E-state index in [9.17, 15) is 18.7 Å². The number of nitrogens with one attached hydrogen (secondary N) is 3. The number of fused-ring (bicyclic) bond motifs is 1. The highest BCUT2D eigenvalue weighted by atomic mass is 35.5. The van der Waals surface area contributed by atoms with Gasteiger partial charge in [-0.25, -0.2) is 8.78 Å². The van der Waals surface area contributed by atoms with Gasteiger partial charge in [-0.05, 0) is 73.7 Å². The number of carbonyl (C=O) groups is 1. The number of aromatic hydroxyl groups is 1. The van der Waals surface area contributed by atoms with E-state index in [1.807, 2.05) is 32.1 Å². The highest BCUT2D eigenvalue weighted by Crippen LogP contribution is 2.31. The number of halogens is 3. The second-order valence-corrected chi connectivity index (χ2v) is 11.2. The molecule has 200 valence electrons. The van der Waals surface area contributed by atoms with Gasteiger partial charge in [0.1, 0.15) is 23.6 Å². The van der Waals surface area contributed by atoms with Crippen LogP contribution in [0.1, 0.15) is 31.4 Å². The van der Waals surface area contributed by atoms with E-state index in [0.717, 1.165) is 28.1 Å². The molecule has 0 radical (unpaired) electrons. The molecule has 2 aliphatic rings. The van der Waals surface area contributed by atoms with Gasteiger partial charge in [0.25, 0.3) is 0 Å². The largest absolute Gasteiger partial charge is 0.508 e. The van der Waals surface area contributed by atoms with Gasteiger partial charge in [-0.1, -0.05) is 18.2 Å². The van der Waals surface area contributed by atoms with Gasteiger partial charge in [-0.3, -0.25) is 10.1 Å². The third kappa shape index (κ3) is 5.93. The maximum absolute atomic E-state index is 14.0. The van der Waals surface area contributed by atoms with Crippen LogP contribution in [0.4, 0.5) is 8.78 Å². The van der Waals surface area contributed by atoms with Crippen molar-refractivity contribution in [3.05, 3.63) is 89.2 Å². The Morgan fingerprint density at radius 1 is 1.26 bits per heavy atom. The monoisotopic (exact) mass is 541 g/mol. The molecule has 0 spiro atoms. The number of aromatic amines is 1. The number of phenols is 1. The number of ether oxygens (including phenoxy) is 1. The number of phenolic OH excluding ortho intramolecular Hbond substituents is 1. The average Bonchev–Trinajstić information content (AvgIpc) is 3.41. The molecule has 2 aromatic carbocycles. The third-order valence-electron chi connectivity index (χ3n) is 7.09. The van der Waals surface area contributed by atoms with Gasteiger partial charge in [-0.2, -0.15) is 0 Å². The van der Waals surface area contributed by atoms with Crippen LogP contribution in [0.3, 0.4) is 0 Å². The Morgan fingerprint density at radius 3 is 2.74 bits per heavy atom. The summed E-state index contributed by atoms with van der Waals surface area (Å²) in [6.07, 6.45) is 7.64. The molecule has 4 N–H and O–H groups in total. The second-order valence-electron chi connectivity index (χ2n) is 10.3. The molecule has 2 heterocycles. The van der Waals surface area contributed by atoms with Crippen molar-refractivity contribution in [2.24, 2.45) is 0 Å². The third-order valence-corrected chi connectivity index (χ3v) is 7.37. The summed E-state index contributed by atoms with van der Waals surface area (Å²) in [5.41, 5.74) is 2.89. The first-order valence-corrected chi connectivity index (χ1v) is 13.0. The highest BCUT2D eigenvalue weighted by molar-refractivity contribution is 6.25. The predicted octanol–water partition coefficient (Wildman–Crippen LogP) is 5.01. The van der Waals surface area contributed by atoms with E-state index in [1.54, 1.807) is 24.4 Å². The van der Waals surface area contributed by atoms with Crippen molar-refractivity contribution in [1.29, 1.82) is 0 Å². The van der Waals surface area contributed by atoms with Crippen LogP contribution in [-0.2, 0) is 22.4 Å². The smallest absolute Gasteiger partial charge is 0.224 e. The number of alkyl halides is 1. The van der Waals surface area contributed by atoms with Crippen molar-refractivity contribution < 1.29 is 23.4 Å². The van der Waals surface area contributed by atoms with E-state index >= 15 is 0 Å². The van der Waals surface area contributed by atoms with Gasteiger partial charge < -0.3 is 20.1 Å². The molecule has 0 bridgehead atoms. The summed E-state index contributed by atoms with van der Waals surface area (Å²) in [5.74, 6) is -1.52. The van der Waals surface area contributed by atoms with E-state index in [0.29, 0.717) is 12.0 Å². The van der Waals surface area contributed by atoms with Crippen LogP contribution >= 0.6 is 11.6 Å². The molecule has 1 aliphatic carbocycles. The van der Waals surface area contributed by atoms with Crippen LogP contribution in [0.2, 0.25) is 0 Å². The number of hydrogen-bond donors (Lipinski definition) is 4. The summed E-state index contributed by atoms with van der Waals surface area (Å²) in [6, 6.07) is 7.55. The number of H-pyrrole nitrogens is 1. The lowest BCUT2D eigenvalue weighted by molar-refractivity contribution is -0.122. The molecule has 5 atom stereocenters. The summed E-state index contributed by atoms with van der Waals surface area (Å²) in [5, 5.41) is 17.1. The number of hydrogen-bond acceptors (Lipinski definition) is 4. The molecular weight excluding hydrogens is 512 g/mol. The zero-order chi connectivity index (χ0) is 27.0. The van der Waals surface area contributed by atoms with Crippen molar-refractivity contribution in [1.82, 2.24) is 15.6 Å². The fourth-order valence-electron chi connectivity index (χ4n) is 5.16. The molecule has 5 rings (SSSR count). The summed E-state index contributed by atoms with van der Waals surface area (Å²) in [6.45, 7) is 3.89. The average molecular weight is 542 g/mol. The van der Waals surface area contributed by atoms with E-state index < -0.39 is 34.9 Å². The summed E-state index contributed by atoms with van der Waals surface area (Å²) < 4.78 is 34.3. The Kier molecular flexibility index (Phi) is 7.31. The predicted molar refractivity (Wildman–Crippen MR) is 143 cm³/mol. The number of benzene rings is 2. The second kappa shape index (κ2) is 10.5. The molecule has 38 heavy (non-hydrogen) atoms. The van der Waals surface area contributed by atoms with Crippen LogP contribution in [0.15, 0.2) is 66.4 Å². The Labute approximate surface area is 224 Å². The van der Waals surface area contributed by atoms with Gasteiger partial charge >= 0.3 is 0 Å². The van der Waals surface area contributed by atoms with Gasteiger partial charge in [-0.15, -0.1) is 11.6 Å². The first-order valence-electron chi connectivity index (χ1n) is 12.6. The number of rotatable bonds is 7. The van der Waals surface area contributed by atoms with E-state index in [1.165, 1.54) is 12.1 Å². The van der Waals surface area contributed by atoms with Gasteiger partial charge in [0, 0.05) is 29.2 Å². The van der Waals surface area contributed by atoms with Crippen LogP contribution in [0, 0.1) is 11.6 Å². The fraction of sp³-hybridized carbons (Fsp3) is 0.345. The zero-order valence-corrected chi connectivity index (χ0v) is 21.9.